The molecule has 0 spiro atoms. The molecule has 2 N–H and O–H groups in total. The quantitative estimate of drug-likeness (QED) is 0.860. The summed E-state index contributed by atoms with van der Waals surface area (Å²) in [5, 5.41) is 11.9. The first-order valence-electron chi connectivity index (χ1n) is 6.01. The number of aromatic nitrogens is 2. The van der Waals surface area contributed by atoms with Crippen LogP contribution in [0.3, 0.4) is 0 Å². The van der Waals surface area contributed by atoms with Crippen molar-refractivity contribution in [1.82, 2.24) is 9.97 Å². The number of carboxylic acid groups (broad SMARTS) is 1. The molecule has 0 saturated carbocycles. The Labute approximate surface area is 111 Å². The lowest BCUT2D eigenvalue weighted by Gasteiger charge is -2.13. The van der Waals surface area contributed by atoms with E-state index in [0.29, 0.717) is 18.3 Å². The SMILES string of the molecule is CC(CNc1cncc(C(=O)O)n1)c1ccccc1. The highest BCUT2D eigenvalue weighted by molar-refractivity contribution is 5.85. The second-order valence-corrected chi connectivity index (χ2v) is 4.29. The molecule has 1 aromatic carbocycles. The molecule has 0 aliphatic carbocycles. The van der Waals surface area contributed by atoms with Gasteiger partial charge in [-0.3, -0.25) is 4.98 Å². The molecule has 0 saturated heterocycles. The van der Waals surface area contributed by atoms with Crippen molar-refractivity contribution in [3.05, 3.63) is 54.0 Å². The van der Waals surface area contributed by atoms with Gasteiger partial charge in [-0.15, -0.1) is 0 Å². The Hall–Kier alpha value is -2.43. The number of nitrogens with zero attached hydrogens (tertiary/aromatic N) is 2. The van der Waals surface area contributed by atoms with E-state index in [1.54, 1.807) is 0 Å². The number of rotatable bonds is 5. The lowest BCUT2D eigenvalue weighted by atomic mass is 10.0. The average Bonchev–Trinajstić information content (AvgIpc) is 2.46. The summed E-state index contributed by atoms with van der Waals surface area (Å²) in [7, 11) is 0. The van der Waals surface area contributed by atoms with E-state index in [1.165, 1.54) is 18.0 Å². The van der Waals surface area contributed by atoms with Crippen molar-refractivity contribution in [2.45, 2.75) is 12.8 Å². The molecule has 1 aromatic heterocycles. The molecule has 1 heterocycles. The number of hydrogen-bond acceptors (Lipinski definition) is 4. The topological polar surface area (TPSA) is 75.1 Å². The summed E-state index contributed by atoms with van der Waals surface area (Å²) in [6.45, 7) is 2.76. The van der Waals surface area contributed by atoms with Gasteiger partial charge in [0.2, 0.25) is 0 Å². The van der Waals surface area contributed by atoms with Crippen LogP contribution in [0.25, 0.3) is 0 Å². The predicted molar refractivity (Wildman–Crippen MR) is 72.3 cm³/mol. The number of nitrogens with one attached hydrogen (secondary N) is 1. The zero-order valence-electron chi connectivity index (χ0n) is 10.6. The van der Waals surface area contributed by atoms with Crippen molar-refractivity contribution in [3.8, 4) is 0 Å². The van der Waals surface area contributed by atoms with Gasteiger partial charge in [-0.05, 0) is 11.5 Å². The maximum absolute atomic E-state index is 10.8. The Morgan fingerprint density at radius 2 is 2.05 bits per heavy atom. The summed E-state index contributed by atoms with van der Waals surface area (Å²) in [6.07, 6.45) is 2.75. The lowest BCUT2D eigenvalue weighted by Crippen LogP contribution is -2.12. The number of benzene rings is 1. The highest BCUT2D eigenvalue weighted by atomic mass is 16.4. The fraction of sp³-hybridized carbons (Fsp3) is 0.214. The number of carbonyl (C=O) groups is 1. The zero-order valence-corrected chi connectivity index (χ0v) is 10.6. The molecule has 0 fully saturated rings. The molecule has 19 heavy (non-hydrogen) atoms. The fourth-order valence-corrected chi connectivity index (χ4v) is 1.71. The minimum atomic E-state index is -1.08. The largest absolute Gasteiger partial charge is 0.476 e. The Morgan fingerprint density at radius 1 is 1.32 bits per heavy atom. The van der Waals surface area contributed by atoms with Crippen molar-refractivity contribution < 1.29 is 9.90 Å². The molecule has 0 bridgehead atoms. The van der Waals surface area contributed by atoms with Crippen LogP contribution in [0.15, 0.2) is 42.7 Å². The van der Waals surface area contributed by atoms with Gasteiger partial charge >= 0.3 is 5.97 Å². The summed E-state index contributed by atoms with van der Waals surface area (Å²) >= 11 is 0. The van der Waals surface area contributed by atoms with Crippen LogP contribution < -0.4 is 5.32 Å². The smallest absolute Gasteiger partial charge is 0.356 e. The highest BCUT2D eigenvalue weighted by Gasteiger charge is 2.08. The van der Waals surface area contributed by atoms with Crippen LogP contribution in [0.5, 0.6) is 0 Å². The van der Waals surface area contributed by atoms with Crippen LogP contribution >= 0.6 is 0 Å². The van der Waals surface area contributed by atoms with Crippen molar-refractivity contribution >= 4 is 11.8 Å². The monoisotopic (exact) mass is 257 g/mol. The molecule has 5 nitrogen and oxygen atoms in total. The van der Waals surface area contributed by atoms with E-state index in [2.05, 4.69) is 34.3 Å². The van der Waals surface area contributed by atoms with Gasteiger partial charge in [0.15, 0.2) is 5.69 Å². The molecule has 5 heteroatoms. The minimum absolute atomic E-state index is 0.0580. The van der Waals surface area contributed by atoms with E-state index in [9.17, 15) is 4.79 Å². The van der Waals surface area contributed by atoms with E-state index in [1.807, 2.05) is 18.2 Å². The van der Waals surface area contributed by atoms with Gasteiger partial charge in [0, 0.05) is 6.54 Å². The normalized spacial score (nSPS) is 11.8. The second-order valence-electron chi connectivity index (χ2n) is 4.29. The molecule has 1 unspecified atom stereocenters. The van der Waals surface area contributed by atoms with Crippen molar-refractivity contribution in [2.75, 3.05) is 11.9 Å². The molecular formula is C14H15N3O2. The first-order valence-corrected chi connectivity index (χ1v) is 6.01. The number of hydrogen-bond donors (Lipinski definition) is 2. The van der Waals surface area contributed by atoms with Crippen molar-refractivity contribution in [3.63, 3.8) is 0 Å². The summed E-state index contributed by atoms with van der Waals surface area (Å²) in [5.41, 5.74) is 1.16. The third-order valence-electron chi connectivity index (χ3n) is 2.81. The van der Waals surface area contributed by atoms with Gasteiger partial charge in [-0.1, -0.05) is 37.3 Å². The van der Waals surface area contributed by atoms with Crippen LogP contribution in [0, 0.1) is 0 Å². The molecule has 98 valence electrons. The van der Waals surface area contributed by atoms with Gasteiger partial charge < -0.3 is 10.4 Å². The molecule has 0 aliphatic heterocycles. The number of anilines is 1. The van der Waals surface area contributed by atoms with Gasteiger partial charge in [-0.2, -0.15) is 0 Å². The molecule has 0 amide bonds. The molecule has 0 radical (unpaired) electrons. The molecule has 0 aliphatic rings. The predicted octanol–water partition coefficient (Wildman–Crippen LogP) is 2.39. The Bertz CT molecular complexity index is 558. The van der Waals surface area contributed by atoms with Crippen LogP contribution in [-0.4, -0.2) is 27.6 Å². The van der Waals surface area contributed by atoms with Gasteiger partial charge in [0.25, 0.3) is 0 Å². The van der Waals surface area contributed by atoms with E-state index in [0.717, 1.165) is 0 Å². The first-order chi connectivity index (χ1) is 9.16. The van der Waals surface area contributed by atoms with Crippen LogP contribution in [-0.2, 0) is 0 Å². The number of aromatic carboxylic acids is 1. The van der Waals surface area contributed by atoms with E-state index < -0.39 is 5.97 Å². The maximum Gasteiger partial charge on any atom is 0.356 e. The standard InChI is InChI=1S/C14H15N3O2/c1-10(11-5-3-2-4-6-11)7-16-13-9-15-8-12(17-13)14(18)19/h2-6,8-10H,7H2,1H3,(H,16,17)(H,18,19). The van der Waals surface area contributed by atoms with Gasteiger partial charge in [0.05, 0.1) is 12.4 Å². The minimum Gasteiger partial charge on any atom is -0.476 e. The molecular weight excluding hydrogens is 242 g/mol. The number of carboxylic acids is 1. The molecule has 1 atom stereocenters. The van der Waals surface area contributed by atoms with Crippen LogP contribution in [0.2, 0.25) is 0 Å². The average molecular weight is 257 g/mol. The fourth-order valence-electron chi connectivity index (χ4n) is 1.71. The summed E-state index contributed by atoms with van der Waals surface area (Å²) in [4.78, 5) is 18.6. The molecule has 2 aromatic rings. The van der Waals surface area contributed by atoms with Crippen molar-refractivity contribution in [1.29, 1.82) is 0 Å². The second kappa shape index (κ2) is 5.95. The Kier molecular flexibility index (Phi) is 4.07. The lowest BCUT2D eigenvalue weighted by molar-refractivity contribution is 0.0690. The Morgan fingerprint density at radius 3 is 2.74 bits per heavy atom. The molecule has 2 rings (SSSR count). The van der Waals surface area contributed by atoms with E-state index >= 15 is 0 Å². The summed E-state index contributed by atoms with van der Waals surface area (Å²) in [5.74, 6) is -0.300. The van der Waals surface area contributed by atoms with Crippen molar-refractivity contribution in [2.24, 2.45) is 0 Å². The third kappa shape index (κ3) is 3.51. The van der Waals surface area contributed by atoms with Crippen LogP contribution in [0.4, 0.5) is 5.82 Å². The summed E-state index contributed by atoms with van der Waals surface area (Å²) < 4.78 is 0. The van der Waals surface area contributed by atoms with Gasteiger partial charge in [0.1, 0.15) is 5.82 Å². The highest BCUT2D eigenvalue weighted by Crippen LogP contribution is 2.15. The zero-order chi connectivity index (χ0) is 13.7. The van der Waals surface area contributed by atoms with Crippen LogP contribution in [0.1, 0.15) is 28.9 Å². The van der Waals surface area contributed by atoms with E-state index in [4.69, 9.17) is 5.11 Å². The maximum atomic E-state index is 10.8. The van der Waals surface area contributed by atoms with Gasteiger partial charge in [-0.25, -0.2) is 9.78 Å². The van der Waals surface area contributed by atoms with E-state index in [-0.39, 0.29) is 5.69 Å². The first kappa shape index (κ1) is 13.0. The third-order valence-corrected chi connectivity index (χ3v) is 2.81. The summed E-state index contributed by atoms with van der Waals surface area (Å²) in [6, 6.07) is 10.1. The Balaban J connectivity index is 1.99.